The van der Waals surface area contributed by atoms with Gasteiger partial charge in [-0.3, -0.25) is 0 Å². The van der Waals surface area contributed by atoms with Crippen molar-refractivity contribution < 1.29 is 25.8 Å². The van der Waals surface area contributed by atoms with Crippen LogP contribution < -0.4 is 9.65 Å². The van der Waals surface area contributed by atoms with Crippen molar-refractivity contribution in [1.82, 2.24) is 0 Å². The molecule has 1 heterocycles. The van der Waals surface area contributed by atoms with E-state index in [-0.39, 0.29) is 5.75 Å². The van der Waals surface area contributed by atoms with Crippen molar-refractivity contribution in [3.05, 3.63) is 47.5 Å². The minimum absolute atomic E-state index is 0.0432. The molecule has 0 radical (unpaired) electrons. The van der Waals surface area contributed by atoms with Crippen LogP contribution in [0.15, 0.2) is 36.4 Å². The summed E-state index contributed by atoms with van der Waals surface area (Å²) in [6.45, 7) is 12.1. The maximum atomic E-state index is 13.0. The van der Waals surface area contributed by atoms with Gasteiger partial charge in [0.25, 0.3) is 0 Å². The topological polar surface area (TPSA) is 61.8 Å². The molecule has 0 atom stereocenters. The molecule has 2 aromatic carbocycles. The van der Waals surface area contributed by atoms with Crippen molar-refractivity contribution in [2.75, 3.05) is 0 Å². The summed E-state index contributed by atoms with van der Waals surface area (Å²) >= 11 is 0. The van der Waals surface area contributed by atoms with Crippen LogP contribution in [-0.4, -0.2) is 26.7 Å². The van der Waals surface area contributed by atoms with Crippen LogP contribution in [0.3, 0.4) is 0 Å². The average Bonchev–Trinajstić information content (AvgIpc) is 2.93. The third-order valence-electron chi connectivity index (χ3n) is 6.39. The van der Waals surface area contributed by atoms with Gasteiger partial charge in [0.15, 0.2) is 0 Å². The third kappa shape index (κ3) is 3.27. The number of hydrogen-bond donors (Lipinski definition) is 0. The Balaban J connectivity index is 1.74. The van der Waals surface area contributed by atoms with E-state index in [1.54, 1.807) is 12.1 Å². The minimum atomic E-state index is -5.07. The summed E-state index contributed by atoms with van der Waals surface area (Å²) < 4.78 is 51.5. The van der Waals surface area contributed by atoms with Gasteiger partial charge in [-0.05, 0) is 67.5 Å². The Kier molecular flexibility index (Phi) is 4.26. The molecule has 0 spiro atoms. The molecule has 0 amide bonds. The van der Waals surface area contributed by atoms with E-state index in [0.29, 0.717) is 0 Å². The lowest BCUT2D eigenvalue weighted by Gasteiger charge is -2.32. The van der Waals surface area contributed by atoms with Crippen molar-refractivity contribution in [3.63, 3.8) is 0 Å². The molecule has 8 heteroatoms. The largest absolute Gasteiger partial charge is 0.494 e. The molecule has 2 aliphatic rings. The number of hydrogen-bond acceptors (Lipinski definition) is 5. The maximum absolute atomic E-state index is 13.0. The van der Waals surface area contributed by atoms with Gasteiger partial charge in [-0.2, -0.15) is 8.42 Å². The average molecular weight is 418 g/mol. The van der Waals surface area contributed by atoms with Gasteiger partial charge in [0.05, 0.1) is 11.2 Å². The summed E-state index contributed by atoms with van der Waals surface area (Å²) in [5.41, 5.74) is 3.59. The van der Waals surface area contributed by atoms with Crippen molar-refractivity contribution >= 4 is 23.1 Å². The number of benzene rings is 2. The van der Waals surface area contributed by atoms with E-state index >= 15 is 0 Å². The van der Waals surface area contributed by atoms with Crippen LogP contribution >= 0.6 is 0 Å². The van der Waals surface area contributed by atoms with Crippen molar-refractivity contribution in [3.8, 4) is 16.9 Å². The summed E-state index contributed by atoms with van der Waals surface area (Å²) in [5, 5.41) is 0. The molecular formula is C21H24BFO5S. The smallest absolute Gasteiger partial charge is 0.399 e. The van der Waals surface area contributed by atoms with Crippen molar-refractivity contribution in [1.29, 1.82) is 0 Å². The molecule has 4 rings (SSSR count). The summed E-state index contributed by atoms with van der Waals surface area (Å²) in [5.74, 6) is -0.0432. The van der Waals surface area contributed by atoms with Gasteiger partial charge in [0.1, 0.15) is 5.75 Å². The Morgan fingerprint density at radius 2 is 1.38 bits per heavy atom. The van der Waals surface area contributed by atoms with Crippen LogP contribution in [0.5, 0.6) is 5.75 Å². The van der Waals surface area contributed by atoms with E-state index in [9.17, 15) is 12.3 Å². The number of halogens is 1. The van der Waals surface area contributed by atoms with Crippen LogP contribution in [0.1, 0.15) is 52.7 Å². The first-order chi connectivity index (χ1) is 13.2. The van der Waals surface area contributed by atoms with E-state index in [1.807, 2.05) is 53.7 Å². The second-order valence-corrected chi connectivity index (χ2v) is 10.2. The molecule has 0 aromatic heterocycles. The Morgan fingerprint density at radius 3 is 1.93 bits per heavy atom. The first-order valence-corrected chi connectivity index (χ1v) is 10.8. The quantitative estimate of drug-likeness (QED) is 0.559. The molecule has 0 N–H and O–H groups in total. The molecule has 0 unspecified atom stereocenters. The van der Waals surface area contributed by atoms with Crippen LogP contribution in [0.25, 0.3) is 11.1 Å². The number of rotatable bonds is 3. The zero-order chi connectivity index (χ0) is 21.4. The van der Waals surface area contributed by atoms with E-state index < -0.39 is 34.2 Å². The van der Waals surface area contributed by atoms with Gasteiger partial charge >= 0.3 is 17.6 Å². The fourth-order valence-corrected chi connectivity index (χ4v) is 4.36. The first-order valence-electron chi connectivity index (χ1n) is 9.50. The predicted molar refractivity (Wildman–Crippen MR) is 110 cm³/mol. The van der Waals surface area contributed by atoms with Gasteiger partial charge < -0.3 is 13.5 Å². The van der Waals surface area contributed by atoms with E-state index in [0.717, 1.165) is 27.7 Å². The Bertz CT molecular complexity index is 1090. The highest BCUT2D eigenvalue weighted by Crippen LogP contribution is 2.49. The maximum Gasteiger partial charge on any atom is 0.494 e. The van der Waals surface area contributed by atoms with Crippen molar-refractivity contribution in [2.24, 2.45) is 0 Å². The summed E-state index contributed by atoms with van der Waals surface area (Å²) in [6.07, 6.45) is 0. The van der Waals surface area contributed by atoms with E-state index in [1.165, 1.54) is 6.07 Å². The molecule has 154 valence electrons. The highest BCUT2D eigenvalue weighted by Gasteiger charge is 2.52. The molecule has 29 heavy (non-hydrogen) atoms. The molecule has 2 aromatic rings. The fourth-order valence-electron chi connectivity index (χ4n) is 4.03. The molecule has 1 aliphatic carbocycles. The van der Waals surface area contributed by atoms with Crippen LogP contribution in [0.2, 0.25) is 0 Å². The number of fused-ring (bicyclic) bond motifs is 3. The lowest BCUT2D eigenvalue weighted by Crippen LogP contribution is -2.41. The molecule has 1 saturated heterocycles. The van der Waals surface area contributed by atoms with Crippen molar-refractivity contribution in [2.45, 2.75) is 58.2 Å². The Morgan fingerprint density at radius 1 is 0.862 bits per heavy atom. The molecule has 1 aliphatic heterocycles. The molecule has 0 saturated carbocycles. The second kappa shape index (κ2) is 6.06. The highest BCUT2D eigenvalue weighted by atomic mass is 32.3. The van der Waals surface area contributed by atoms with Gasteiger partial charge in [0, 0.05) is 5.41 Å². The van der Waals surface area contributed by atoms with Crippen LogP contribution in [0, 0.1) is 0 Å². The Hall–Kier alpha value is -1.90. The molecule has 1 fully saturated rings. The van der Waals surface area contributed by atoms with Crippen LogP contribution in [-0.2, 0) is 25.2 Å². The zero-order valence-electron chi connectivity index (χ0n) is 17.4. The summed E-state index contributed by atoms with van der Waals surface area (Å²) in [4.78, 5) is 0. The van der Waals surface area contributed by atoms with Gasteiger partial charge in [-0.25, -0.2) is 0 Å². The standard InChI is InChI=1S/C21H24BFO5S/c1-19(2)17-11-13(22-27-20(3,4)21(5,6)28-22)7-9-15(17)16-10-8-14(12-18(16)19)26-29(23,24)25/h7-12H,1-6H3. The Labute approximate surface area is 171 Å². The van der Waals surface area contributed by atoms with Gasteiger partial charge in [-0.1, -0.05) is 42.0 Å². The summed E-state index contributed by atoms with van der Waals surface area (Å²) in [7, 11) is -5.54. The molecule has 0 bridgehead atoms. The minimum Gasteiger partial charge on any atom is -0.399 e. The van der Waals surface area contributed by atoms with E-state index in [4.69, 9.17) is 9.31 Å². The predicted octanol–water partition coefficient (Wildman–Crippen LogP) is 3.89. The lowest BCUT2D eigenvalue weighted by molar-refractivity contribution is 0.00578. The lowest BCUT2D eigenvalue weighted by atomic mass is 9.74. The summed E-state index contributed by atoms with van der Waals surface area (Å²) in [6, 6.07) is 10.9. The SMILES string of the molecule is CC1(C)c2cc(OS(=O)(=O)F)ccc2-c2ccc(B3OC(C)(C)C(C)(C)O3)cc21. The monoisotopic (exact) mass is 418 g/mol. The zero-order valence-corrected chi connectivity index (χ0v) is 18.2. The highest BCUT2D eigenvalue weighted by molar-refractivity contribution is 7.81. The first kappa shape index (κ1) is 20.4. The van der Waals surface area contributed by atoms with Crippen LogP contribution in [0.4, 0.5) is 3.89 Å². The normalized spacial score (nSPS) is 21.0. The second-order valence-electron chi connectivity index (χ2n) is 9.20. The molecular weight excluding hydrogens is 394 g/mol. The third-order valence-corrected chi connectivity index (χ3v) is 6.78. The van der Waals surface area contributed by atoms with Gasteiger partial charge in [0.2, 0.25) is 0 Å². The van der Waals surface area contributed by atoms with E-state index in [2.05, 4.69) is 10.2 Å². The van der Waals surface area contributed by atoms with Gasteiger partial charge in [-0.15, -0.1) is 0 Å². The fraction of sp³-hybridized carbons (Fsp3) is 0.429. The molecule has 5 nitrogen and oxygen atoms in total.